The maximum atomic E-state index is 12.6. The quantitative estimate of drug-likeness (QED) is 0.644. The van der Waals surface area contributed by atoms with Crippen molar-refractivity contribution in [2.45, 2.75) is 32.2 Å². The lowest BCUT2D eigenvalue weighted by Crippen LogP contribution is -2.24. The van der Waals surface area contributed by atoms with Crippen LogP contribution in [0, 0.1) is 20.8 Å². The van der Waals surface area contributed by atoms with Crippen LogP contribution >= 0.6 is 0 Å². The van der Waals surface area contributed by atoms with Gasteiger partial charge in [-0.25, -0.2) is 12.7 Å². The first kappa shape index (κ1) is 21.6. The number of sulfonamides is 1. The van der Waals surface area contributed by atoms with Gasteiger partial charge in [-0.2, -0.15) is 4.80 Å². The molecule has 2 aromatic carbocycles. The fraction of sp³-hybridized carbons (Fsp3) is 0.300. The van der Waals surface area contributed by atoms with E-state index in [0.717, 1.165) is 26.6 Å². The van der Waals surface area contributed by atoms with Crippen molar-refractivity contribution in [2.75, 3.05) is 19.4 Å². The van der Waals surface area contributed by atoms with Crippen LogP contribution in [0.15, 0.2) is 41.3 Å². The first-order valence-corrected chi connectivity index (χ1v) is 10.7. The highest BCUT2D eigenvalue weighted by atomic mass is 32.2. The molecule has 30 heavy (non-hydrogen) atoms. The molecule has 10 heteroatoms. The minimum absolute atomic E-state index is 0.117. The average molecular weight is 429 g/mol. The summed E-state index contributed by atoms with van der Waals surface area (Å²) in [4.78, 5) is 13.9. The highest BCUT2D eigenvalue weighted by molar-refractivity contribution is 7.89. The number of amides is 1. The molecule has 0 unspecified atom stereocenters. The van der Waals surface area contributed by atoms with Crippen molar-refractivity contribution >= 4 is 21.6 Å². The molecule has 3 aromatic rings. The summed E-state index contributed by atoms with van der Waals surface area (Å²) < 4.78 is 26.1. The van der Waals surface area contributed by atoms with Crippen LogP contribution in [0.4, 0.5) is 5.69 Å². The lowest BCUT2D eigenvalue weighted by molar-refractivity contribution is -0.117. The minimum Gasteiger partial charge on any atom is -0.324 e. The molecular formula is C20H24N6O3S. The normalized spacial score (nSPS) is 11.7. The summed E-state index contributed by atoms with van der Waals surface area (Å²) in [7, 11) is -0.696. The van der Waals surface area contributed by atoms with Crippen molar-refractivity contribution in [3.63, 3.8) is 0 Å². The second-order valence-electron chi connectivity index (χ2n) is 7.21. The van der Waals surface area contributed by atoms with Gasteiger partial charge in [0.15, 0.2) is 0 Å². The number of aromatic nitrogens is 4. The molecule has 0 aliphatic rings. The number of carbonyl (C=O) groups excluding carboxylic acids is 1. The molecule has 0 bridgehead atoms. The molecule has 0 saturated carbocycles. The number of benzene rings is 2. The number of aryl methyl sites for hydroxylation is 2. The monoisotopic (exact) mass is 428 g/mol. The smallest absolute Gasteiger partial charge is 0.248 e. The van der Waals surface area contributed by atoms with Gasteiger partial charge >= 0.3 is 0 Å². The maximum Gasteiger partial charge on any atom is 0.248 e. The molecule has 1 aromatic heterocycles. The van der Waals surface area contributed by atoms with Crippen molar-refractivity contribution in [1.29, 1.82) is 0 Å². The van der Waals surface area contributed by atoms with Crippen LogP contribution in [0.5, 0.6) is 0 Å². The first-order chi connectivity index (χ1) is 14.1. The van der Waals surface area contributed by atoms with E-state index in [1.165, 1.54) is 25.0 Å². The fourth-order valence-corrected chi connectivity index (χ4v) is 3.89. The van der Waals surface area contributed by atoms with E-state index >= 15 is 0 Å². The molecule has 0 aliphatic carbocycles. The molecular weight excluding hydrogens is 404 g/mol. The highest BCUT2D eigenvalue weighted by Gasteiger charge is 2.20. The molecule has 0 aliphatic heterocycles. The van der Waals surface area contributed by atoms with Crippen molar-refractivity contribution < 1.29 is 13.2 Å². The Morgan fingerprint density at radius 1 is 1.10 bits per heavy atom. The first-order valence-electron chi connectivity index (χ1n) is 9.27. The molecule has 1 heterocycles. The van der Waals surface area contributed by atoms with Crippen LogP contribution in [-0.2, 0) is 21.4 Å². The summed E-state index contributed by atoms with van der Waals surface area (Å²) in [6.45, 7) is 5.42. The third-order valence-electron chi connectivity index (χ3n) is 4.82. The standard InChI is InChI=1S/C20H24N6O3S/c1-13-8-6-7-9-17(13)20-22-24-26(23-20)12-19(27)21-18-11-16(10-14(2)15(18)3)30(28,29)25(4)5/h6-11H,12H2,1-5H3,(H,21,27). The summed E-state index contributed by atoms with van der Waals surface area (Å²) in [6, 6.07) is 10.7. The zero-order valence-electron chi connectivity index (χ0n) is 17.5. The van der Waals surface area contributed by atoms with E-state index in [1.807, 2.05) is 38.1 Å². The van der Waals surface area contributed by atoms with Crippen molar-refractivity contribution in [3.8, 4) is 11.4 Å². The van der Waals surface area contributed by atoms with Crippen LogP contribution in [0.25, 0.3) is 11.4 Å². The van der Waals surface area contributed by atoms with E-state index in [2.05, 4.69) is 20.7 Å². The van der Waals surface area contributed by atoms with E-state index in [9.17, 15) is 13.2 Å². The Morgan fingerprint density at radius 3 is 2.47 bits per heavy atom. The zero-order valence-corrected chi connectivity index (χ0v) is 18.4. The van der Waals surface area contributed by atoms with E-state index in [1.54, 1.807) is 13.0 Å². The van der Waals surface area contributed by atoms with Crippen LogP contribution < -0.4 is 5.32 Å². The van der Waals surface area contributed by atoms with Gasteiger partial charge in [-0.1, -0.05) is 24.3 Å². The highest BCUT2D eigenvalue weighted by Crippen LogP contribution is 2.25. The average Bonchev–Trinajstić information content (AvgIpc) is 3.13. The summed E-state index contributed by atoms with van der Waals surface area (Å²) in [5.74, 6) is 0.0534. The summed E-state index contributed by atoms with van der Waals surface area (Å²) in [5, 5.41) is 15.0. The fourth-order valence-electron chi connectivity index (χ4n) is 2.88. The van der Waals surface area contributed by atoms with E-state index < -0.39 is 10.0 Å². The second-order valence-corrected chi connectivity index (χ2v) is 9.36. The van der Waals surface area contributed by atoms with Crippen LogP contribution in [-0.4, -0.2) is 52.9 Å². The molecule has 3 rings (SSSR count). The lowest BCUT2D eigenvalue weighted by Gasteiger charge is -2.16. The molecule has 158 valence electrons. The number of nitrogens with zero attached hydrogens (tertiary/aromatic N) is 5. The topological polar surface area (TPSA) is 110 Å². The van der Waals surface area contributed by atoms with Crippen LogP contribution in [0.3, 0.4) is 0 Å². The van der Waals surface area contributed by atoms with E-state index in [4.69, 9.17) is 0 Å². The third kappa shape index (κ3) is 4.39. The Kier molecular flexibility index (Phi) is 5.99. The molecule has 9 nitrogen and oxygen atoms in total. The van der Waals surface area contributed by atoms with Crippen molar-refractivity contribution in [1.82, 2.24) is 24.5 Å². The largest absolute Gasteiger partial charge is 0.324 e. The van der Waals surface area contributed by atoms with Gasteiger partial charge in [0, 0.05) is 25.3 Å². The summed E-state index contributed by atoms with van der Waals surface area (Å²) >= 11 is 0. The number of hydrogen-bond acceptors (Lipinski definition) is 6. The summed E-state index contributed by atoms with van der Waals surface area (Å²) in [6.07, 6.45) is 0. The van der Waals surface area contributed by atoms with Crippen molar-refractivity contribution in [2.24, 2.45) is 0 Å². The van der Waals surface area contributed by atoms with E-state index in [0.29, 0.717) is 11.5 Å². The number of tetrazole rings is 1. The molecule has 0 saturated heterocycles. The van der Waals surface area contributed by atoms with Gasteiger partial charge in [-0.15, -0.1) is 10.2 Å². The number of hydrogen-bond donors (Lipinski definition) is 1. The maximum absolute atomic E-state index is 12.6. The van der Waals surface area contributed by atoms with Gasteiger partial charge in [0.05, 0.1) is 4.90 Å². The Labute approximate surface area is 175 Å². The summed E-state index contributed by atoms with van der Waals surface area (Å²) in [5.41, 5.74) is 3.82. The lowest BCUT2D eigenvalue weighted by atomic mass is 10.1. The van der Waals surface area contributed by atoms with Gasteiger partial charge in [0.25, 0.3) is 0 Å². The predicted molar refractivity (Wildman–Crippen MR) is 113 cm³/mol. The Bertz CT molecular complexity index is 1200. The number of carbonyl (C=O) groups is 1. The number of rotatable bonds is 6. The molecule has 0 radical (unpaired) electrons. The van der Waals surface area contributed by atoms with E-state index in [-0.39, 0.29) is 17.3 Å². The predicted octanol–water partition coefficient (Wildman–Crippen LogP) is 2.15. The molecule has 0 spiro atoms. The zero-order chi connectivity index (χ0) is 22.1. The van der Waals surface area contributed by atoms with Gasteiger partial charge in [-0.05, 0) is 54.8 Å². The van der Waals surface area contributed by atoms with Gasteiger partial charge in [0.1, 0.15) is 6.54 Å². The van der Waals surface area contributed by atoms with Crippen LogP contribution in [0.1, 0.15) is 16.7 Å². The second kappa shape index (κ2) is 8.33. The Hall–Kier alpha value is -3.11. The van der Waals surface area contributed by atoms with Gasteiger partial charge in [-0.3, -0.25) is 4.79 Å². The Balaban J connectivity index is 1.80. The SMILES string of the molecule is Cc1ccccc1-c1nnn(CC(=O)Nc2cc(S(=O)(=O)N(C)C)cc(C)c2C)n1. The van der Waals surface area contributed by atoms with Gasteiger partial charge < -0.3 is 5.32 Å². The van der Waals surface area contributed by atoms with Gasteiger partial charge in [0.2, 0.25) is 21.8 Å². The Morgan fingerprint density at radius 2 is 1.80 bits per heavy atom. The minimum atomic E-state index is -3.62. The molecule has 1 amide bonds. The number of anilines is 1. The van der Waals surface area contributed by atoms with Crippen molar-refractivity contribution in [3.05, 3.63) is 53.1 Å². The number of nitrogens with one attached hydrogen (secondary N) is 1. The molecule has 0 fully saturated rings. The molecule has 1 N–H and O–H groups in total. The van der Waals surface area contributed by atoms with Crippen LogP contribution in [0.2, 0.25) is 0 Å². The third-order valence-corrected chi connectivity index (χ3v) is 6.61. The molecule has 0 atom stereocenters.